The summed E-state index contributed by atoms with van der Waals surface area (Å²) in [5.74, 6) is 0.668. The van der Waals surface area contributed by atoms with Crippen LogP contribution in [0.1, 0.15) is 21.6 Å². The highest BCUT2D eigenvalue weighted by atomic mass is 16.5. The molecular weight excluding hydrogens is 288 g/mol. The zero-order chi connectivity index (χ0) is 16.6. The Labute approximate surface area is 135 Å². The van der Waals surface area contributed by atoms with E-state index in [1.54, 1.807) is 7.11 Å². The van der Waals surface area contributed by atoms with Crippen molar-refractivity contribution >= 4 is 22.5 Å². The first-order chi connectivity index (χ1) is 11.0. The van der Waals surface area contributed by atoms with E-state index >= 15 is 0 Å². The van der Waals surface area contributed by atoms with E-state index in [1.807, 2.05) is 67.9 Å². The molecular formula is C19H20N2O2. The maximum absolute atomic E-state index is 12.7. The normalized spacial score (nSPS) is 10.8. The highest BCUT2D eigenvalue weighted by molar-refractivity contribution is 6.06. The van der Waals surface area contributed by atoms with E-state index in [9.17, 15) is 4.79 Å². The van der Waals surface area contributed by atoms with Crippen LogP contribution >= 0.6 is 0 Å². The highest BCUT2D eigenvalue weighted by Gasteiger charge is 2.15. The minimum atomic E-state index is -0.114. The lowest BCUT2D eigenvalue weighted by Crippen LogP contribution is -2.16. The highest BCUT2D eigenvalue weighted by Crippen LogP contribution is 2.25. The van der Waals surface area contributed by atoms with Crippen LogP contribution in [0.15, 0.2) is 42.5 Å². The molecule has 0 aliphatic rings. The van der Waals surface area contributed by atoms with Crippen LogP contribution < -0.4 is 10.1 Å². The Kier molecular flexibility index (Phi) is 3.82. The summed E-state index contributed by atoms with van der Waals surface area (Å²) in [6.07, 6.45) is 0. The number of amides is 1. The van der Waals surface area contributed by atoms with Gasteiger partial charge in [-0.05, 0) is 55.3 Å². The van der Waals surface area contributed by atoms with E-state index in [1.165, 1.54) is 0 Å². The largest absolute Gasteiger partial charge is 0.497 e. The maximum Gasteiger partial charge on any atom is 0.272 e. The van der Waals surface area contributed by atoms with Crippen molar-refractivity contribution < 1.29 is 9.53 Å². The Morgan fingerprint density at radius 1 is 1.13 bits per heavy atom. The van der Waals surface area contributed by atoms with Crippen molar-refractivity contribution in [2.75, 3.05) is 12.4 Å². The van der Waals surface area contributed by atoms with Gasteiger partial charge in [0.25, 0.3) is 5.91 Å². The SMILES string of the molecule is COc1ccc2c(c1)cc(C(=O)Nc1cccc(C)c1C)n2C. The molecule has 0 aliphatic carbocycles. The number of anilines is 1. The number of carbonyl (C=O) groups excluding carboxylic acids is 1. The molecule has 0 radical (unpaired) electrons. The van der Waals surface area contributed by atoms with Crippen LogP contribution in [0.25, 0.3) is 10.9 Å². The average Bonchev–Trinajstić information content (AvgIpc) is 2.88. The van der Waals surface area contributed by atoms with Gasteiger partial charge in [0.1, 0.15) is 11.4 Å². The second-order valence-corrected chi connectivity index (χ2v) is 5.71. The quantitative estimate of drug-likeness (QED) is 0.793. The van der Waals surface area contributed by atoms with Crippen LogP contribution in [0, 0.1) is 13.8 Å². The molecule has 4 nitrogen and oxygen atoms in total. The lowest BCUT2D eigenvalue weighted by molar-refractivity contribution is 0.101. The fraction of sp³-hybridized carbons (Fsp3) is 0.211. The summed E-state index contributed by atoms with van der Waals surface area (Å²) in [5.41, 5.74) is 4.70. The zero-order valence-electron chi connectivity index (χ0n) is 13.8. The Morgan fingerprint density at radius 3 is 2.65 bits per heavy atom. The van der Waals surface area contributed by atoms with Crippen LogP contribution in [0.5, 0.6) is 5.75 Å². The van der Waals surface area contributed by atoms with Crippen LogP contribution in [-0.2, 0) is 7.05 Å². The molecule has 0 saturated heterocycles. The second-order valence-electron chi connectivity index (χ2n) is 5.71. The number of methoxy groups -OCH3 is 1. The van der Waals surface area contributed by atoms with Crippen molar-refractivity contribution in [3.63, 3.8) is 0 Å². The van der Waals surface area contributed by atoms with Crippen LogP contribution in [0.2, 0.25) is 0 Å². The van der Waals surface area contributed by atoms with Crippen molar-refractivity contribution in [1.29, 1.82) is 0 Å². The Hall–Kier alpha value is -2.75. The minimum absolute atomic E-state index is 0.114. The summed E-state index contributed by atoms with van der Waals surface area (Å²) in [5, 5.41) is 3.99. The molecule has 3 aromatic rings. The van der Waals surface area contributed by atoms with Gasteiger partial charge in [0, 0.05) is 23.6 Å². The summed E-state index contributed by atoms with van der Waals surface area (Å²) >= 11 is 0. The standard InChI is InChI=1S/C19H20N2O2/c1-12-6-5-7-16(13(12)2)20-19(22)18-11-14-10-15(23-4)8-9-17(14)21(18)3/h5-11H,1-4H3,(H,20,22). The number of nitrogens with zero attached hydrogens (tertiary/aromatic N) is 1. The first-order valence-electron chi connectivity index (χ1n) is 7.52. The van der Waals surface area contributed by atoms with Gasteiger partial charge in [0.2, 0.25) is 0 Å². The van der Waals surface area contributed by atoms with Crippen molar-refractivity contribution in [2.24, 2.45) is 7.05 Å². The molecule has 2 aromatic carbocycles. The molecule has 0 aliphatic heterocycles. The summed E-state index contributed by atoms with van der Waals surface area (Å²) in [4.78, 5) is 12.7. The van der Waals surface area contributed by atoms with Crippen LogP contribution in [0.3, 0.4) is 0 Å². The van der Waals surface area contributed by atoms with Crippen molar-refractivity contribution in [3.8, 4) is 5.75 Å². The molecule has 0 atom stereocenters. The summed E-state index contributed by atoms with van der Waals surface area (Å²) < 4.78 is 7.14. The molecule has 23 heavy (non-hydrogen) atoms. The first kappa shape index (κ1) is 15.2. The fourth-order valence-corrected chi connectivity index (χ4v) is 2.75. The smallest absolute Gasteiger partial charge is 0.272 e. The van der Waals surface area contributed by atoms with Gasteiger partial charge in [0.15, 0.2) is 0 Å². The predicted octanol–water partition coefficient (Wildman–Crippen LogP) is 4.06. The zero-order valence-corrected chi connectivity index (χ0v) is 13.8. The van der Waals surface area contributed by atoms with Gasteiger partial charge in [-0.3, -0.25) is 4.79 Å². The van der Waals surface area contributed by atoms with E-state index in [2.05, 4.69) is 5.32 Å². The van der Waals surface area contributed by atoms with Crippen molar-refractivity contribution in [3.05, 3.63) is 59.3 Å². The number of hydrogen-bond donors (Lipinski definition) is 1. The molecule has 0 bridgehead atoms. The van der Waals surface area contributed by atoms with Gasteiger partial charge in [-0.1, -0.05) is 12.1 Å². The molecule has 0 spiro atoms. The van der Waals surface area contributed by atoms with Crippen LogP contribution in [0.4, 0.5) is 5.69 Å². The fourth-order valence-electron chi connectivity index (χ4n) is 2.75. The number of fused-ring (bicyclic) bond motifs is 1. The van der Waals surface area contributed by atoms with Crippen LogP contribution in [-0.4, -0.2) is 17.6 Å². The molecule has 0 fully saturated rings. The molecule has 1 aromatic heterocycles. The monoisotopic (exact) mass is 308 g/mol. The van der Waals surface area contributed by atoms with E-state index in [-0.39, 0.29) is 5.91 Å². The van der Waals surface area contributed by atoms with Crippen molar-refractivity contribution in [2.45, 2.75) is 13.8 Å². The average molecular weight is 308 g/mol. The third-order valence-electron chi connectivity index (χ3n) is 4.34. The molecule has 1 N–H and O–H groups in total. The number of rotatable bonds is 3. The lowest BCUT2D eigenvalue weighted by atomic mass is 10.1. The Balaban J connectivity index is 1.97. The number of carbonyl (C=O) groups is 1. The summed E-state index contributed by atoms with van der Waals surface area (Å²) in [6, 6.07) is 13.6. The molecule has 118 valence electrons. The predicted molar refractivity (Wildman–Crippen MR) is 93.3 cm³/mol. The molecule has 1 amide bonds. The second kappa shape index (κ2) is 5.80. The van der Waals surface area contributed by atoms with Crippen molar-refractivity contribution in [1.82, 2.24) is 4.57 Å². The number of aryl methyl sites for hydroxylation is 2. The van der Waals surface area contributed by atoms with Gasteiger partial charge < -0.3 is 14.6 Å². The number of benzene rings is 2. The topological polar surface area (TPSA) is 43.3 Å². The molecule has 1 heterocycles. The third kappa shape index (κ3) is 2.68. The van der Waals surface area contributed by atoms with E-state index in [0.29, 0.717) is 5.69 Å². The maximum atomic E-state index is 12.7. The Bertz CT molecular complexity index is 894. The lowest BCUT2D eigenvalue weighted by Gasteiger charge is -2.11. The van der Waals surface area contributed by atoms with E-state index in [0.717, 1.165) is 33.5 Å². The van der Waals surface area contributed by atoms with E-state index in [4.69, 9.17) is 4.74 Å². The summed E-state index contributed by atoms with van der Waals surface area (Å²) in [6.45, 7) is 4.05. The Morgan fingerprint density at radius 2 is 1.91 bits per heavy atom. The molecule has 3 rings (SSSR count). The number of ether oxygens (including phenoxy) is 1. The summed E-state index contributed by atoms with van der Waals surface area (Å²) in [7, 11) is 3.53. The van der Waals surface area contributed by atoms with Gasteiger partial charge in [-0.2, -0.15) is 0 Å². The van der Waals surface area contributed by atoms with Gasteiger partial charge in [-0.15, -0.1) is 0 Å². The van der Waals surface area contributed by atoms with Gasteiger partial charge >= 0.3 is 0 Å². The first-order valence-corrected chi connectivity index (χ1v) is 7.52. The van der Waals surface area contributed by atoms with Gasteiger partial charge in [0.05, 0.1) is 7.11 Å². The number of aromatic nitrogens is 1. The molecule has 4 heteroatoms. The molecule has 0 unspecified atom stereocenters. The molecule has 0 saturated carbocycles. The van der Waals surface area contributed by atoms with Gasteiger partial charge in [-0.25, -0.2) is 0 Å². The number of hydrogen-bond acceptors (Lipinski definition) is 2. The third-order valence-corrected chi connectivity index (χ3v) is 4.34. The van der Waals surface area contributed by atoms with E-state index < -0.39 is 0 Å². The minimum Gasteiger partial charge on any atom is -0.497 e. The number of nitrogens with one attached hydrogen (secondary N) is 1.